The maximum atomic E-state index is 10.1. The Morgan fingerprint density at radius 3 is 0.990 bits per heavy atom. The molecule has 2 aromatic carbocycles. The van der Waals surface area contributed by atoms with Gasteiger partial charge in [-0.3, -0.25) is 0 Å². The zero-order chi connectivity index (χ0) is 74.7. The van der Waals surface area contributed by atoms with Crippen LogP contribution in [0.15, 0.2) is 59.7 Å². The van der Waals surface area contributed by atoms with Crippen molar-refractivity contribution < 1.29 is 19.2 Å². The molecule has 0 aliphatic rings. The van der Waals surface area contributed by atoms with E-state index < -0.39 is 0 Å². The molecule has 0 fully saturated rings. The third-order valence-electron chi connectivity index (χ3n) is 21.9. The first-order valence-corrected chi connectivity index (χ1v) is 48.3. The fourth-order valence-corrected chi connectivity index (χ4v) is 16.3. The van der Waals surface area contributed by atoms with Crippen LogP contribution in [0.1, 0.15) is 520 Å². The summed E-state index contributed by atoms with van der Waals surface area (Å²) in [5.41, 5.74) is 18.3. The molecule has 0 unspecified atom stereocenters. The Morgan fingerprint density at radius 1 is 0.308 bits per heavy atom. The molecule has 0 saturated heterocycles. The van der Waals surface area contributed by atoms with Gasteiger partial charge in [-0.05, 0) is 78.3 Å². The van der Waals surface area contributed by atoms with Crippen molar-refractivity contribution >= 4 is 11.4 Å². The molecule has 2 aromatic rings. The third kappa shape index (κ3) is 66.0. The van der Waals surface area contributed by atoms with Gasteiger partial charge < -0.3 is 5.53 Å². The minimum atomic E-state index is 0.737. The van der Waals surface area contributed by atoms with Crippen molar-refractivity contribution in [2.75, 3.05) is 0 Å². The van der Waals surface area contributed by atoms with Gasteiger partial charge in [-0.25, -0.2) is 0 Å². The number of unbranched alkanes of at least 4 members (excludes halogenated alkanes) is 63. The summed E-state index contributed by atoms with van der Waals surface area (Å²) in [5.74, 6) is 17.1. The van der Waals surface area contributed by atoms with Crippen LogP contribution in [0.3, 0.4) is 0 Å². The maximum absolute atomic E-state index is 10.1. The van der Waals surface area contributed by atoms with Gasteiger partial charge in [-0.2, -0.15) is 0 Å². The molecule has 0 aromatic heterocycles. The normalized spacial score (nSPS) is 11.4. The van der Waals surface area contributed by atoms with E-state index in [1.165, 1.54) is 456 Å². The number of hydrogen-bond donors (Lipinski definition) is 0. The molecule has 0 atom stereocenters. The Morgan fingerprint density at radius 2 is 0.625 bits per heavy atom. The number of nitrogens with zero attached hydrogens (tertiary/aromatic N) is 2. The van der Waals surface area contributed by atoms with Crippen molar-refractivity contribution in [3.63, 3.8) is 0 Å². The summed E-state index contributed by atoms with van der Waals surface area (Å²) < 4.78 is 0. The van der Waals surface area contributed by atoms with Crippen molar-refractivity contribution in [2.24, 2.45) is 0 Å². The molecule has 2 nitrogen and oxygen atoms in total. The number of rotatable bonds is 76. The standard InChI is InChI=1S/C61H94N2.2C20H41.Ni/c1-5-9-13-16-19-21-23-24-25-26-27-28-29-30-31-33-35-37-40-49-58(54-63-62)60(51-41-38-18-15-11-7-3)61(57-50-44-46-55(53-57)45-12-8-4)59-52-43-42-48-56(59)47-39-36-34-32-22-20-17-14-10-6-2;2*1-3-5-7-9-11-13-15-17-19-20-18-16-14-12-10-8-6-4-2;/h42-44,46,48,50,52-53H,5-33,35,37-39,41,45,47,51H2,1-4H3;2*1,3-20H2,2H3;. The molecule has 0 aliphatic heterocycles. The Hall–Kier alpha value is -3.05. The zero-order valence-electron chi connectivity index (χ0n) is 70.9. The molecule has 600 valence electrons. The van der Waals surface area contributed by atoms with Gasteiger partial charge in [0.25, 0.3) is 0 Å². The Bertz CT molecular complexity index is 2320. The quantitative estimate of drug-likeness (QED) is 0.0120. The summed E-state index contributed by atoms with van der Waals surface area (Å²) in [6, 6.07) is 18.1. The smallest absolute Gasteiger partial charge is 0.0654 e. The van der Waals surface area contributed by atoms with Gasteiger partial charge in [-0.15, -0.1) is 16.6 Å². The van der Waals surface area contributed by atoms with Crippen LogP contribution in [0.4, 0.5) is 0 Å². The molecule has 0 amide bonds. The Labute approximate surface area is 658 Å². The van der Waals surface area contributed by atoms with E-state index in [-0.39, 0.29) is 0 Å². The molecule has 3 heteroatoms. The summed E-state index contributed by atoms with van der Waals surface area (Å²) in [4.78, 5) is 3.54. The van der Waals surface area contributed by atoms with Crippen LogP contribution in [-0.2, 0) is 27.3 Å². The zero-order valence-corrected chi connectivity index (χ0v) is 71.9. The second-order valence-corrected chi connectivity index (χ2v) is 33.5. The monoisotopic (exact) mass is 1480 g/mol. The van der Waals surface area contributed by atoms with Crippen LogP contribution in [0.25, 0.3) is 11.1 Å². The molecule has 0 saturated carbocycles. The van der Waals surface area contributed by atoms with E-state index in [1.807, 2.05) is 14.4 Å². The Balaban J connectivity index is 0.00000114. The number of benzene rings is 2. The van der Waals surface area contributed by atoms with Gasteiger partial charge in [0, 0.05) is 19.3 Å². The minimum Gasteiger partial charge on any atom is -0.0654 e. The topological polar surface area (TPSA) is 36.4 Å². The fourth-order valence-electron chi connectivity index (χ4n) is 15.1. The molecular weight excluding hydrogens is 1300 g/mol. The van der Waals surface area contributed by atoms with E-state index in [4.69, 9.17) is 0 Å². The predicted octanol–water partition coefficient (Wildman–Crippen LogP) is 35.1. The summed E-state index contributed by atoms with van der Waals surface area (Å²) in [5, 5.41) is 2.87. The van der Waals surface area contributed by atoms with Crippen molar-refractivity contribution in [2.45, 2.75) is 521 Å². The summed E-state index contributed by atoms with van der Waals surface area (Å²) >= 11 is 2.05. The summed E-state index contributed by atoms with van der Waals surface area (Å²) in [7, 11) is 0. The van der Waals surface area contributed by atoms with Crippen molar-refractivity contribution in [1.82, 2.24) is 0 Å². The van der Waals surface area contributed by atoms with E-state index in [2.05, 4.69) is 124 Å². The minimum absolute atomic E-state index is 0.737. The number of aryl methyl sites for hydroxylation is 2. The van der Waals surface area contributed by atoms with Crippen molar-refractivity contribution in [3.05, 3.63) is 87.5 Å². The van der Waals surface area contributed by atoms with Gasteiger partial charge in [0.2, 0.25) is 0 Å². The molecule has 0 bridgehead atoms. The SMILES string of the molecule is CCCCCCCCC#CCCc1ccccc1C(=C(CCCCCCCC)C(=C=[N+]=[N-])C#CCCCCCCCCCCCCCCCCCCC)c1cccc(CCCC)c1.CCCCCCCCCCCCCCCCCCC[CH2][Ni][CH2]CCCCCCCCCCCCCCCCCCC. The molecule has 0 heterocycles. The van der Waals surface area contributed by atoms with Crippen LogP contribution in [0.2, 0.25) is 10.8 Å². The van der Waals surface area contributed by atoms with E-state index in [0.29, 0.717) is 0 Å². The molecule has 104 heavy (non-hydrogen) atoms. The van der Waals surface area contributed by atoms with Crippen LogP contribution in [-0.4, -0.2) is 10.7 Å². The van der Waals surface area contributed by atoms with E-state index in [1.54, 1.807) is 0 Å². The van der Waals surface area contributed by atoms with Gasteiger partial charge >= 0.3 is 172 Å². The van der Waals surface area contributed by atoms with Crippen molar-refractivity contribution in [3.8, 4) is 23.7 Å². The first-order valence-electron chi connectivity index (χ1n) is 46.9. The van der Waals surface area contributed by atoms with E-state index >= 15 is 0 Å². The second-order valence-electron chi connectivity index (χ2n) is 32.0. The van der Waals surface area contributed by atoms with Crippen LogP contribution < -0.4 is 0 Å². The molecule has 0 radical (unpaired) electrons. The van der Waals surface area contributed by atoms with Gasteiger partial charge in [0.1, 0.15) is 0 Å². The predicted molar refractivity (Wildman–Crippen MR) is 465 cm³/mol. The van der Waals surface area contributed by atoms with Crippen LogP contribution >= 0.6 is 0 Å². The van der Waals surface area contributed by atoms with E-state index in [0.717, 1.165) is 62.5 Å². The molecular formula is C101H176N2Ni. The average Bonchev–Trinajstić information content (AvgIpc) is 0.792. The van der Waals surface area contributed by atoms with Gasteiger partial charge in [0.05, 0.1) is 0 Å². The average molecular weight is 1480 g/mol. The molecule has 0 N–H and O–H groups in total. The molecule has 2 rings (SSSR count). The van der Waals surface area contributed by atoms with Crippen molar-refractivity contribution in [1.29, 1.82) is 0 Å². The molecule has 0 aliphatic carbocycles. The van der Waals surface area contributed by atoms with Crippen LogP contribution in [0, 0.1) is 23.7 Å². The second kappa shape index (κ2) is 84.0. The molecule has 0 spiro atoms. The van der Waals surface area contributed by atoms with E-state index in [9.17, 15) is 5.53 Å². The number of allylic oxidation sites excluding steroid dienone is 2. The van der Waals surface area contributed by atoms with Gasteiger partial charge in [0.15, 0.2) is 5.57 Å². The fraction of sp³-hybridized carbons (Fsp3) is 0.802. The summed E-state index contributed by atoms with van der Waals surface area (Å²) in [6.07, 6.45) is 99.6. The summed E-state index contributed by atoms with van der Waals surface area (Å²) in [6.45, 7) is 13.7. The third-order valence-corrected chi connectivity index (χ3v) is 23.3. The van der Waals surface area contributed by atoms with Gasteiger partial charge in [-0.1, -0.05) is 365 Å². The number of hydrogen-bond acceptors (Lipinski definition) is 0. The first-order chi connectivity index (χ1) is 51.6. The van der Waals surface area contributed by atoms with Crippen LogP contribution in [0.5, 0.6) is 0 Å². The first kappa shape index (κ1) is 99.0. The Kier molecular flexibility index (Phi) is 79.9.